The molecule has 1 fully saturated rings. The van der Waals surface area contributed by atoms with Crippen LogP contribution in [0.1, 0.15) is 34.3 Å². The summed E-state index contributed by atoms with van der Waals surface area (Å²) >= 11 is 0. The van der Waals surface area contributed by atoms with Crippen molar-refractivity contribution in [1.29, 1.82) is 0 Å². The number of hydrogen-bond acceptors (Lipinski definition) is 4. The van der Waals surface area contributed by atoms with Crippen molar-refractivity contribution in [1.82, 2.24) is 10.0 Å². The third-order valence-corrected chi connectivity index (χ3v) is 5.75. The van der Waals surface area contributed by atoms with E-state index >= 15 is 0 Å². The number of amides is 1. The van der Waals surface area contributed by atoms with Crippen LogP contribution in [0.5, 0.6) is 0 Å². The summed E-state index contributed by atoms with van der Waals surface area (Å²) in [4.78, 5) is 12.9. The zero-order valence-electron chi connectivity index (χ0n) is 15.7. The summed E-state index contributed by atoms with van der Waals surface area (Å²) in [6, 6.07) is 11.8. The van der Waals surface area contributed by atoms with Gasteiger partial charge in [-0.15, -0.1) is 0 Å². The number of carbonyl (C=O) groups excluding carboxylic acids is 1. The van der Waals surface area contributed by atoms with Crippen molar-refractivity contribution in [2.45, 2.75) is 32.4 Å². The number of hydrogen-bond donors (Lipinski definition) is 1. The van der Waals surface area contributed by atoms with Crippen molar-refractivity contribution in [2.75, 3.05) is 18.0 Å². The molecule has 1 aliphatic heterocycles. The van der Waals surface area contributed by atoms with Gasteiger partial charge in [-0.05, 0) is 60.2 Å². The van der Waals surface area contributed by atoms with Crippen LogP contribution in [0.3, 0.4) is 0 Å². The molecule has 0 atom stereocenters. The molecule has 0 spiro atoms. The van der Waals surface area contributed by atoms with Crippen LogP contribution in [-0.2, 0) is 16.6 Å². The van der Waals surface area contributed by atoms with E-state index < -0.39 is 10.0 Å². The van der Waals surface area contributed by atoms with Crippen LogP contribution in [0.2, 0.25) is 0 Å². The third-order valence-electron chi connectivity index (χ3n) is 5.14. The Hall–Kier alpha value is -2.38. The van der Waals surface area contributed by atoms with Gasteiger partial charge in [0.2, 0.25) is 10.0 Å². The maximum absolute atomic E-state index is 12.9. The second-order valence-electron chi connectivity index (χ2n) is 7.45. The summed E-state index contributed by atoms with van der Waals surface area (Å²) in [7, 11) is -1.34. The molecule has 1 heterocycles. The molecule has 2 aliphatic rings. The van der Waals surface area contributed by atoms with Crippen molar-refractivity contribution in [3.8, 4) is 11.1 Å². The highest BCUT2D eigenvalue weighted by Gasteiger charge is 2.38. The van der Waals surface area contributed by atoms with Crippen LogP contribution < -0.4 is 4.72 Å². The molecule has 0 bridgehead atoms. The summed E-state index contributed by atoms with van der Waals surface area (Å²) in [5.41, 5.74) is 5.17. The van der Waals surface area contributed by atoms with Gasteiger partial charge < -0.3 is 0 Å². The van der Waals surface area contributed by atoms with Gasteiger partial charge in [0, 0.05) is 24.3 Å². The Morgan fingerprint density at radius 3 is 2.56 bits per heavy atom. The Morgan fingerprint density at radius 1 is 1.15 bits per heavy atom. The van der Waals surface area contributed by atoms with E-state index in [-0.39, 0.29) is 5.91 Å². The van der Waals surface area contributed by atoms with Crippen molar-refractivity contribution in [2.24, 2.45) is 0 Å². The van der Waals surface area contributed by atoms with Crippen molar-refractivity contribution in [3.63, 3.8) is 0 Å². The van der Waals surface area contributed by atoms with E-state index in [0.29, 0.717) is 18.3 Å². The Bertz CT molecular complexity index is 1030. The highest BCUT2D eigenvalue weighted by Crippen LogP contribution is 2.35. The van der Waals surface area contributed by atoms with E-state index in [1.807, 2.05) is 49.3 Å². The summed E-state index contributed by atoms with van der Waals surface area (Å²) in [6.07, 6.45) is 3.41. The second-order valence-corrected chi connectivity index (χ2v) is 9.20. The zero-order chi connectivity index (χ0) is 19.3. The normalized spacial score (nSPS) is 16.7. The zero-order valence-corrected chi connectivity index (χ0v) is 16.5. The number of sulfonamides is 1. The Balaban J connectivity index is 1.68. The molecule has 2 aromatic carbocycles. The van der Waals surface area contributed by atoms with E-state index in [1.165, 1.54) is 0 Å². The molecule has 1 amide bonds. The number of nitrogens with zero attached hydrogens (tertiary/aromatic N) is 2. The molecular weight excluding hydrogens is 362 g/mol. The molecule has 0 unspecified atom stereocenters. The van der Waals surface area contributed by atoms with Gasteiger partial charge in [0.1, 0.15) is 0 Å². The smallest absolute Gasteiger partial charge is 0.269 e. The predicted molar refractivity (Wildman–Crippen MR) is 106 cm³/mol. The average Bonchev–Trinajstić information content (AvgIpc) is 3.37. The SMILES string of the molecule is Cc1cc(-c2cccc(NS(C)(=O)=O)c2)cc2c1C(=O)N(N(C)C1CC1)C2. The van der Waals surface area contributed by atoms with Crippen LogP contribution in [0.4, 0.5) is 5.69 Å². The monoisotopic (exact) mass is 385 g/mol. The van der Waals surface area contributed by atoms with Crippen LogP contribution in [0.25, 0.3) is 11.1 Å². The van der Waals surface area contributed by atoms with Gasteiger partial charge in [-0.1, -0.05) is 18.2 Å². The molecule has 2 aromatic rings. The molecular formula is C20H23N3O3S. The summed E-state index contributed by atoms with van der Waals surface area (Å²) in [5.74, 6) is 0.0657. The standard InChI is InChI=1S/C20H23N3O3S/c1-13-9-15(14-5-4-6-17(11-14)21-27(3,25)26)10-16-12-23(20(24)19(13)16)22(2)18-7-8-18/h4-6,9-11,18,21H,7-8,12H2,1-3H3. The summed E-state index contributed by atoms with van der Waals surface area (Å²) in [6.45, 7) is 2.54. The van der Waals surface area contributed by atoms with E-state index in [0.717, 1.165) is 46.9 Å². The molecule has 1 N–H and O–H groups in total. The molecule has 142 valence electrons. The van der Waals surface area contributed by atoms with E-state index in [4.69, 9.17) is 0 Å². The first kappa shape index (κ1) is 18.0. The van der Waals surface area contributed by atoms with Gasteiger partial charge in [0.15, 0.2) is 0 Å². The number of carbonyl (C=O) groups is 1. The van der Waals surface area contributed by atoms with Crippen LogP contribution >= 0.6 is 0 Å². The number of aryl methyl sites for hydroxylation is 1. The Kier molecular flexibility index (Phi) is 4.24. The fourth-order valence-corrected chi connectivity index (χ4v) is 4.25. The van der Waals surface area contributed by atoms with Crippen LogP contribution in [0.15, 0.2) is 36.4 Å². The number of nitrogens with one attached hydrogen (secondary N) is 1. The van der Waals surface area contributed by atoms with Gasteiger partial charge in [-0.25, -0.2) is 13.4 Å². The molecule has 0 saturated heterocycles. The van der Waals surface area contributed by atoms with Gasteiger partial charge in [-0.3, -0.25) is 14.5 Å². The molecule has 6 nitrogen and oxygen atoms in total. The number of fused-ring (bicyclic) bond motifs is 1. The summed E-state index contributed by atoms with van der Waals surface area (Å²) < 4.78 is 25.5. The van der Waals surface area contributed by atoms with Crippen molar-refractivity contribution < 1.29 is 13.2 Å². The minimum atomic E-state index is -3.33. The first-order valence-corrected chi connectivity index (χ1v) is 10.9. The Morgan fingerprint density at radius 2 is 1.89 bits per heavy atom. The lowest BCUT2D eigenvalue weighted by atomic mass is 9.96. The third kappa shape index (κ3) is 3.57. The summed E-state index contributed by atoms with van der Waals surface area (Å²) in [5, 5.41) is 3.90. The average molecular weight is 385 g/mol. The number of rotatable bonds is 5. The molecule has 4 rings (SSSR count). The van der Waals surface area contributed by atoms with Crippen LogP contribution in [-0.4, -0.2) is 43.7 Å². The minimum Gasteiger partial charge on any atom is -0.284 e. The van der Waals surface area contributed by atoms with Gasteiger partial charge in [-0.2, -0.15) is 0 Å². The molecule has 1 aliphatic carbocycles. The van der Waals surface area contributed by atoms with E-state index in [9.17, 15) is 13.2 Å². The van der Waals surface area contributed by atoms with Gasteiger partial charge in [0.05, 0.1) is 12.8 Å². The largest absolute Gasteiger partial charge is 0.284 e. The minimum absolute atomic E-state index is 0.0657. The fourth-order valence-electron chi connectivity index (χ4n) is 3.70. The van der Waals surface area contributed by atoms with Gasteiger partial charge >= 0.3 is 0 Å². The van der Waals surface area contributed by atoms with Crippen LogP contribution in [0, 0.1) is 6.92 Å². The molecule has 7 heteroatoms. The fraction of sp³-hybridized carbons (Fsp3) is 0.350. The lowest BCUT2D eigenvalue weighted by Gasteiger charge is -2.27. The number of hydrazine groups is 1. The lowest BCUT2D eigenvalue weighted by molar-refractivity contribution is 0.00243. The molecule has 0 radical (unpaired) electrons. The molecule has 0 aromatic heterocycles. The first-order valence-electron chi connectivity index (χ1n) is 8.99. The van der Waals surface area contributed by atoms with Crippen molar-refractivity contribution in [3.05, 3.63) is 53.1 Å². The maximum atomic E-state index is 12.9. The maximum Gasteiger partial charge on any atom is 0.269 e. The molecule has 27 heavy (non-hydrogen) atoms. The Labute approximate surface area is 159 Å². The van der Waals surface area contributed by atoms with E-state index in [1.54, 1.807) is 6.07 Å². The lowest BCUT2D eigenvalue weighted by Crippen LogP contribution is -2.41. The number of anilines is 1. The number of benzene rings is 2. The second kappa shape index (κ2) is 6.35. The quantitative estimate of drug-likeness (QED) is 0.859. The first-order chi connectivity index (χ1) is 12.7. The molecule has 1 saturated carbocycles. The highest BCUT2D eigenvalue weighted by molar-refractivity contribution is 7.92. The van der Waals surface area contributed by atoms with E-state index in [2.05, 4.69) is 9.73 Å². The van der Waals surface area contributed by atoms with Gasteiger partial charge in [0.25, 0.3) is 5.91 Å². The highest BCUT2D eigenvalue weighted by atomic mass is 32.2. The van der Waals surface area contributed by atoms with Crippen molar-refractivity contribution >= 4 is 21.6 Å². The predicted octanol–water partition coefficient (Wildman–Crippen LogP) is 3.00. The topological polar surface area (TPSA) is 69.7 Å².